The van der Waals surface area contributed by atoms with Gasteiger partial charge in [0.25, 0.3) is 5.91 Å². The summed E-state index contributed by atoms with van der Waals surface area (Å²) in [5.74, 6) is -1.25. The molecule has 15 heavy (non-hydrogen) atoms. The van der Waals surface area contributed by atoms with Crippen molar-refractivity contribution in [2.24, 2.45) is 0 Å². The summed E-state index contributed by atoms with van der Waals surface area (Å²) in [6.45, 7) is 3.15. The molecule has 0 radical (unpaired) electrons. The van der Waals surface area contributed by atoms with Gasteiger partial charge in [-0.05, 0) is 13.8 Å². The lowest BCUT2D eigenvalue weighted by Gasteiger charge is -2.29. The summed E-state index contributed by atoms with van der Waals surface area (Å²) in [6, 6.07) is 0. The van der Waals surface area contributed by atoms with Crippen molar-refractivity contribution in [3.05, 3.63) is 11.9 Å². The van der Waals surface area contributed by atoms with Crippen LogP contribution in [-0.4, -0.2) is 27.6 Å². The highest BCUT2D eigenvalue weighted by molar-refractivity contribution is 6.03. The first kappa shape index (κ1) is 9.57. The van der Waals surface area contributed by atoms with Crippen LogP contribution in [0.25, 0.3) is 0 Å². The monoisotopic (exact) mass is 210 g/mol. The number of carboxylic acid groups (broad SMARTS) is 1. The van der Waals surface area contributed by atoms with Crippen molar-refractivity contribution in [1.29, 1.82) is 0 Å². The van der Waals surface area contributed by atoms with Gasteiger partial charge in [-0.15, -0.1) is 0 Å². The molecule has 80 valence electrons. The Morgan fingerprint density at radius 3 is 2.80 bits per heavy atom. The molecule has 0 fully saturated rings. The number of hydrogen-bond acceptors (Lipinski definition) is 3. The van der Waals surface area contributed by atoms with Crippen LogP contribution in [0.4, 0.5) is 5.69 Å². The number of nitrogens with one attached hydrogen (secondary N) is 2. The number of hydrogen-bond donors (Lipinski definition) is 3. The molecule has 2 heterocycles. The van der Waals surface area contributed by atoms with Crippen LogP contribution in [0, 0.1) is 0 Å². The molecule has 0 unspecified atom stereocenters. The molecule has 1 aromatic rings. The number of ether oxygens (including phenoxy) is 1. The second kappa shape index (κ2) is 2.75. The highest BCUT2D eigenvalue weighted by Crippen LogP contribution is 2.36. The summed E-state index contributed by atoms with van der Waals surface area (Å²) in [4.78, 5) is 24.8. The smallest absolute Gasteiger partial charge is 0.356 e. The first-order chi connectivity index (χ1) is 6.92. The molecular weight excluding hydrogens is 200 g/mol. The van der Waals surface area contributed by atoms with E-state index < -0.39 is 11.6 Å². The highest BCUT2D eigenvalue weighted by atomic mass is 16.5. The maximum Gasteiger partial charge on any atom is 0.356 e. The lowest BCUT2D eigenvalue weighted by Crippen LogP contribution is -2.45. The van der Waals surface area contributed by atoms with Gasteiger partial charge < -0.3 is 20.1 Å². The molecule has 0 saturated heterocycles. The van der Waals surface area contributed by atoms with E-state index in [1.54, 1.807) is 13.8 Å². The van der Waals surface area contributed by atoms with Gasteiger partial charge in [-0.2, -0.15) is 0 Å². The van der Waals surface area contributed by atoms with Crippen LogP contribution >= 0.6 is 0 Å². The molecule has 1 aromatic heterocycles. The third kappa shape index (κ3) is 1.34. The minimum absolute atomic E-state index is 0.0573. The Balaban J connectivity index is 2.49. The zero-order chi connectivity index (χ0) is 11.2. The van der Waals surface area contributed by atoms with Crippen molar-refractivity contribution in [3.63, 3.8) is 0 Å². The molecule has 0 aliphatic carbocycles. The van der Waals surface area contributed by atoms with Gasteiger partial charge in [-0.1, -0.05) is 0 Å². The van der Waals surface area contributed by atoms with Crippen molar-refractivity contribution in [2.75, 3.05) is 5.32 Å². The molecule has 1 aliphatic heterocycles. The number of anilines is 1. The molecule has 0 spiro atoms. The molecule has 0 aromatic carbocycles. The van der Waals surface area contributed by atoms with Crippen molar-refractivity contribution in [3.8, 4) is 5.75 Å². The van der Waals surface area contributed by atoms with Crippen LogP contribution in [0.1, 0.15) is 24.3 Å². The van der Waals surface area contributed by atoms with Gasteiger partial charge in [0.05, 0.1) is 0 Å². The van der Waals surface area contributed by atoms with Crippen LogP contribution in [0.3, 0.4) is 0 Å². The Morgan fingerprint density at radius 2 is 2.20 bits per heavy atom. The summed E-state index contributed by atoms with van der Waals surface area (Å²) >= 11 is 0. The molecule has 2 rings (SSSR count). The fraction of sp³-hybridized carbons (Fsp3) is 0.333. The predicted molar refractivity (Wildman–Crippen MR) is 51.1 cm³/mol. The van der Waals surface area contributed by atoms with Gasteiger partial charge in [0, 0.05) is 6.20 Å². The Morgan fingerprint density at radius 1 is 1.53 bits per heavy atom. The number of aromatic amines is 1. The van der Waals surface area contributed by atoms with Gasteiger partial charge in [-0.3, -0.25) is 4.79 Å². The molecule has 0 saturated carbocycles. The zero-order valence-corrected chi connectivity index (χ0v) is 8.25. The van der Waals surface area contributed by atoms with Crippen molar-refractivity contribution < 1.29 is 19.4 Å². The van der Waals surface area contributed by atoms with Gasteiger partial charge in [0.1, 0.15) is 5.69 Å². The summed E-state index contributed by atoms with van der Waals surface area (Å²) in [5.41, 5.74) is -0.755. The van der Waals surface area contributed by atoms with Gasteiger partial charge in [0.15, 0.2) is 17.0 Å². The predicted octanol–water partition coefficient (Wildman–Crippen LogP) is 0.822. The number of carbonyl (C=O) groups excluding carboxylic acids is 1. The van der Waals surface area contributed by atoms with E-state index in [4.69, 9.17) is 9.84 Å². The van der Waals surface area contributed by atoms with E-state index in [1.165, 1.54) is 6.20 Å². The molecule has 6 nitrogen and oxygen atoms in total. The molecule has 0 atom stereocenters. The number of carbonyl (C=O) groups is 2. The zero-order valence-electron chi connectivity index (χ0n) is 8.25. The maximum atomic E-state index is 11.5. The average Bonchev–Trinajstić information content (AvgIpc) is 2.47. The van der Waals surface area contributed by atoms with Gasteiger partial charge >= 0.3 is 5.97 Å². The van der Waals surface area contributed by atoms with Crippen molar-refractivity contribution in [2.45, 2.75) is 19.4 Å². The topological polar surface area (TPSA) is 91.4 Å². The van der Waals surface area contributed by atoms with E-state index >= 15 is 0 Å². The lowest BCUT2D eigenvalue weighted by molar-refractivity contribution is -0.129. The SMILES string of the molecule is CC1(C)Oc2c(c[nH]c2C(=O)O)NC1=O. The number of aromatic nitrogens is 1. The fourth-order valence-corrected chi connectivity index (χ4v) is 1.34. The molecule has 1 amide bonds. The first-order valence-corrected chi connectivity index (χ1v) is 4.37. The normalized spacial score (nSPS) is 17.6. The molecule has 6 heteroatoms. The van der Waals surface area contributed by atoms with Gasteiger partial charge in [0.2, 0.25) is 0 Å². The number of carboxylic acids is 1. The van der Waals surface area contributed by atoms with E-state index in [1.807, 2.05) is 0 Å². The summed E-state index contributed by atoms with van der Waals surface area (Å²) in [5, 5.41) is 11.4. The van der Waals surface area contributed by atoms with E-state index in [0.29, 0.717) is 5.69 Å². The van der Waals surface area contributed by atoms with Crippen molar-refractivity contribution >= 4 is 17.6 Å². The second-order valence-corrected chi connectivity index (χ2v) is 3.78. The van der Waals surface area contributed by atoms with Crippen molar-refractivity contribution in [1.82, 2.24) is 4.98 Å². The van der Waals surface area contributed by atoms with Crippen LogP contribution in [0.5, 0.6) is 5.75 Å². The average molecular weight is 210 g/mol. The number of amides is 1. The summed E-state index contributed by atoms with van der Waals surface area (Å²) < 4.78 is 5.34. The summed E-state index contributed by atoms with van der Waals surface area (Å²) in [6.07, 6.45) is 1.39. The van der Waals surface area contributed by atoms with Crippen LogP contribution in [0.2, 0.25) is 0 Å². The Hall–Kier alpha value is -1.98. The van der Waals surface area contributed by atoms with Crippen LogP contribution < -0.4 is 10.1 Å². The Labute approximate surface area is 85.2 Å². The molecule has 3 N–H and O–H groups in total. The standard InChI is InChI=1S/C9H10N2O4/c1-9(2)8(14)11-4-3-10-5(7(12)13)6(4)15-9/h3,10H,1-2H3,(H,11,14)(H,12,13). The minimum atomic E-state index is -1.12. The number of H-pyrrole nitrogens is 1. The quantitative estimate of drug-likeness (QED) is 0.640. The van der Waals surface area contributed by atoms with Crippen LogP contribution in [0.15, 0.2) is 6.20 Å². The molecule has 0 bridgehead atoms. The van der Waals surface area contributed by atoms with E-state index in [2.05, 4.69) is 10.3 Å². The third-order valence-electron chi connectivity index (χ3n) is 2.20. The first-order valence-electron chi connectivity index (χ1n) is 4.37. The second-order valence-electron chi connectivity index (χ2n) is 3.78. The van der Waals surface area contributed by atoms with Crippen LogP contribution in [-0.2, 0) is 4.79 Å². The largest absolute Gasteiger partial charge is 0.476 e. The lowest BCUT2D eigenvalue weighted by atomic mass is 10.1. The number of aromatic carboxylic acids is 1. The van der Waals surface area contributed by atoms with E-state index in [-0.39, 0.29) is 17.4 Å². The Bertz CT molecular complexity index is 447. The Kier molecular flexibility index (Phi) is 1.76. The fourth-order valence-electron chi connectivity index (χ4n) is 1.34. The summed E-state index contributed by atoms with van der Waals surface area (Å²) in [7, 11) is 0. The highest BCUT2D eigenvalue weighted by Gasteiger charge is 2.38. The van der Waals surface area contributed by atoms with E-state index in [9.17, 15) is 9.59 Å². The maximum absolute atomic E-state index is 11.5. The molecular formula is C9H10N2O4. The van der Waals surface area contributed by atoms with E-state index in [0.717, 1.165) is 0 Å². The number of fused-ring (bicyclic) bond motifs is 1. The third-order valence-corrected chi connectivity index (χ3v) is 2.20. The molecule has 1 aliphatic rings. The number of rotatable bonds is 1. The minimum Gasteiger partial charge on any atom is -0.476 e. The van der Waals surface area contributed by atoms with Gasteiger partial charge in [-0.25, -0.2) is 4.79 Å².